The Kier molecular flexibility index (Phi) is 6.58. The normalized spacial score (nSPS) is 20.6. The molecule has 1 aromatic carbocycles. The molecule has 4 rings (SSSR count). The van der Waals surface area contributed by atoms with E-state index in [1.54, 1.807) is 12.1 Å². The Morgan fingerprint density at radius 1 is 0.806 bits per heavy atom. The maximum atomic E-state index is 13.0. The van der Waals surface area contributed by atoms with Crippen LogP contribution in [0.3, 0.4) is 0 Å². The highest BCUT2D eigenvalue weighted by Crippen LogP contribution is 2.31. The number of anilines is 1. The van der Waals surface area contributed by atoms with Crippen LogP contribution in [0.4, 0.5) is 16.2 Å². The van der Waals surface area contributed by atoms with Gasteiger partial charge in [-0.2, -0.15) is 0 Å². The molecule has 1 aromatic rings. The summed E-state index contributed by atoms with van der Waals surface area (Å²) in [4.78, 5) is 44.4. The predicted molar refractivity (Wildman–Crippen MR) is 117 cm³/mol. The van der Waals surface area contributed by atoms with Crippen LogP contribution in [0, 0.1) is 16.0 Å². The van der Waals surface area contributed by atoms with Crippen LogP contribution in [-0.4, -0.2) is 83.9 Å². The Morgan fingerprint density at radius 2 is 1.39 bits per heavy atom. The van der Waals surface area contributed by atoms with E-state index in [1.165, 1.54) is 12.5 Å². The van der Waals surface area contributed by atoms with Crippen molar-refractivity contribution in [3.05, 3.63) is 34.4 Å². The lowest BCUT2D eigenvalue weighted by Gasteiger charge is -2.40. The summed E-state index contributed by atoms with van der Waals surface area (Å²) in [5, 5.41) is 11.3. The fourth-order valence-electron chi connectivity index (χ4n) is 4.91. The molecule has 3 aliphatic rings. The molecule has 9 heteroatoms. The number of rotatable bonds is 3. The number of hydrogen-bond donors (Lipinski definition) is 0. The zero-order valence-electron chi connectivity index (χ0n) is 17.9. The monoisotopic (exact) mass is 429 g/mol. The molecular weight excluding hydrogens is 398 g/mol. The van der Waals surface area contributed by atoms with Crippen LogP contribution in [0.15, 0.2) is 24.3 Å². The Labute approximate surface area is 182 Å². The van der Waals surface area contributed by atoms with Gasteiger partial charge in [0.2, 0.25) is 5.91 Å². The molecule has 0 aliphatic carbocycles. The third-order valence-electron chi connectivity index (χ3n) is 6.75. The molecule has 3 heterocycles. The van der Waals surface area contributed by atoms with Gasteiger partial charge in [-0.25, -0.2) is 4.79 Å². The first-order valence-corrected chi connectivity index (χ1v) is 11.4. The molecule has 3 amide bonds. The van der Waals surface area contributed by atoms with E-state index in [9.17, 15) is 19.7 Å². The zero-order chi connectivity index (χ0) is 21.8. The van der Waals surface area contributed by atoms with Crippen LogP contribution >= 0.6 is 0 Å². The number of carbonyl (C=O) groups excluding carboxylic acids is 2. The highest BCUT2D eigenvalue weighted by atomic mass is 16.6. The van der Waals surface area contributed by atoms with Crippen molar-refractivity contribution < 1.29 is 14.5 Å². The predicted octanol–water partition coefficient (Wildman–Crippen LogP) is 2.56. The number of hydrogen-bond acceptors (Lipinski definition) is 5. The van der Waals surface area contributed by atoms with E-state index in [-0.39, 0.29) is 28.5 Å². The topological polar surface area (TPSA) is 90.2 Å². The summed E-state index contributed by atoms with van der Waals surface area (Å²) in [6.07, 6.45) is 4.74. The molecule has 0 radical (unpaired) electrons. The molecule has 0 atom stereocenters. The molecule has 168 valence electrons. The SMILES string of the molecule is O=C(C1CCN(c2ccccc2[N+](=O)[O-])CC1)N1CCN(C(=O)N2CCCCC2)CC1. The van der Waals surface area contributed by atoms with Gasteiger partial charge in [-0.1, -0.05) is 12.1 Å². The second-order valence-electron chi connectivity index (χ2n) is 8.65. The summed E-state index contributed by atoms with van der Waals surface area (Å²) in [6.45, 7) is 5.31. The maximum Gasteiger partial charge on any atom is 0.320 e. The molecule has 0 spiro atoms. The first-order chi connectivity index (χ1) is 15.0. The van der Waals surface area contributed by atoms with Crippen LogP contribution in [-0.2, 0) is 4.79 Å². The lowest BCUT2D eigenvalue weighted by Crippen LogP contribution is -2.56. The van der Waals surface area contributed by atoms with Gasteiger partial charge in [-0.3, -0.25) is 14.9 Å². The second kappa shape index (κ2) is 9.53. The van der Waals surface area contributed by atoms with Gasteiger partial charge >= 0.3 is 6.03 Å². The highest BCUT2D eigenvalue weighted by molar-refractivity contribution is 5.80. The Balaban J connectivity index is 1.27. The molecule has 0 unspecified atom stereocenters. The smallest absolute Gasteiger partial charge is 0.320 e. The number of nitrogens with zero attached hydrogens (tertiary/aromatic N) is 5. The first-order valence-electron chi connectivity index (χ1n) is 11.4. The van der Waals surface area contributed by atoms with Gasteiger partial charge in [0.15, 0.2) is 0 Å². The van der Waals surface area contributed by atoms with Crippen molar-refractivity contribution in [1.29, 1.82) is 0 Å². The van der Waals surface area contributed by atoms with Crippen molar-refractivity contribution in [2.45, 2.75) is 32.1 Å². The lowest BCUT2D eigenvalue weighted by atomic mass is 9.94. The van der Waals surface area contributed by atoms with E-state index >= 15 is 0 Å². The van der Waals surface area contributed by atoms with Crippen molar-refractivity contribution in [2.75, 3.05) is 57.3 Å². The summed E-state index contributed by atoms with van der Waals surface area (Å²) in [6, 6.07) is 6.90. The van der Waals surface area contributed by atoms with Gasteiger partial charge in [-0.05, 0) is 38.2 Å². The van der Waals surface area contributed by atoms with E-state index in [0.29, 0.717) is 57.8 Å². The lowest BCUT2D eigenvalue weighted by molar-refractivity contribution is -0.384. The number of piperidine rings is 2. The minimum Gasteiger partial charge on any atom is -0.366 e. The minimum absolute atomic E-state index is 0.0524. The molecule has 0 bridgehead atoms. The summed E-state index contributed by atoms with van der Waals surface area (Å²) < 4.78 is 0. The third kappa shape index (κ3) is 4.75. The van der Waals surface area contributed by atoms with Crippen molar-refractivity contribution in [1.82, 2.24) is 14.7 Å². The van der Waals surface area contributed by atoms with Gasteiger partial charge < -0.3 is 19.6 Å². The van der Waals surface area contributed by atoms with Crippen LogP contribution < -0.4 is 4.90 Å². The van der Waals surface area contributed by atoms with Gasteiger partial charge in [0.25, 0.3) is 5.69 Å². The van der Waals surface area contributed by atoms with E-state index in [0.717, 1.165) is 25.9 Å². The number of nitro benzene ring substituents is 1. The average molecular weight is 430 g/mol. The minimum atomic E-state index is -0.350. The zero-order valence-corrected chi connectivity index (χ0v) is 17.9. The second-order valence-corrected chi connectivity index (χ2v) is 8.65. The van der Waals surface area contributed by atoms with Gasteiger partial charge in [0, 0.05) is 64.3 Å². The molecule has 0 saturated carbocycles. The fourth-order valence-corrected chi connectivity index (χ4v) is 4.91. The van der Waals surface area contributed by atoms with Crippen molar-refractivity contribution in [2.24, 2.45) is 5.92 Å². The maximum absolute atomic E-state index is 13.0. The molecule has 0 aromatic heterocycles. The molecule has 3 saturated heterocycles. The fraction of sp³-hybridized carbons (Fsp3) is 0.636. The van der Waals surface area contributed by atoms with Crippen molar-refractivity contribution >= 4 is 23.3 Å². The standard InChI is InChI=1S/C22H31N5O4/c28-21(24-14-16-26(17-15-24)22(29)25-10-4-1-5-11-25)18-8-12-23(13-9-18)19-6-2-3-7-20(19)27(30)31/h2-3,6-7,18H,1,4-5,8-17H2. The number of nitro groups is 1. The van der Waals surface area contributed by atoms with Gasteiger partial charge in [0.1, 0.15) is 5.69 Å². The third-order valence-corrected chi connectivity index (χ3v) is 6.75. The van der Waals surface area contributed by atoms with Gasteiger partial charge in [0.05, 0.1) is 4.92 Å². The number of benzene rings is 1. The van der Waals surface area contributed by atoms with Crippen molar-refractivity contribution in [3.63, 3.8) is 0 Å². The molecular formula is C22H31N5O4. The molecule has 3 aliphatic heterocycles. The Hall–Kier alpha value is -2.84. The van der Waals surface area contributed by atoms with Crippen molar-refractivity contribution in [3.8, 4) is 0 Å². The number of carbonyl (C=O) groups is 2. The highest BCUT2D eigenvalue weighted by Gasteiger charge is 2.33. The van der Waals surface area contributed by atoms with Crippen LogP contribution in [0.2, 0.25) is 0 Å². The summed E-state index contributed by atoms with van der Waals surface area (Å²) in [5.41, 5.74) is 0.741. The Bertz CT molecular complexity index is 810. The van der Waals surface area contributed by atoms with Gasteiger partial charge in [-0.15, -0.1) is 0 Å². The molecule has 0 N–H and O–H groups in total. The largest absolute Gasteiger partial charge is 0.366 e. The van der Waals surface area contributed by atoms with E-state index in [4.69, 9.17) is 0 Å². The van der Waals surface area contributed by atoms with E-state index < -0.39 is 0 Å². The summed E-state index contributed by atoms with van der Waals surface area (Å²) >= 11 is 0. The quantitative estimate of drug-likeness (QED) is 0.544. The summed E-state index contributed by atoms with van der Waals surface area (Å²) in [7, 11) is 0. The van der Waals surface area contributed by atoms with Crippen LogP contribution in [0.1, 0.15) is 32.1 Å². The molecule has 3 fully saturated rings. The number of piperazine rings is 1. The van der Waals surface area contributed by atoms with E-state index in [1.807, 2.05) is 25.7 Å². The molecule has 31 heavy (non-hydrogen) atoms. The van der Waals surface area contributed by atoms with Crippen LogP contribution in [0.5, 0.6) is 0 Å². The van der Waals surface area contributed by atoms with E-state index in [2.05, 4.69) is 0 Å². The number of amides is 3. The average Bonchev–Trinajstić information content (AvgIpc) is 2.84. The number of urea groups is 1. The van der Waals surface area contributed by atoms with Crippen LogP contribution in [0.25, 0.3) is 0 Å². The molecule has 9 nitrogen and oxygen atoms in total. The number of para-hydroxylation sites is 2. The first kappa shape index (κ1) is 21.4. The summed E-state index contributed by atoms with van der Waals surface area (Å²) in [5.74, 6) is 0.107. The number of likely N-dealkylation sites (tertiary alicyclic amines) is 1. The Morgan fingerprint density at radius 3 is 2.03 bits per heavy atom.